The highest BCUT2D eigenvalue weighted by Crippen LogP contribution is 2.29. The van der Waals surface area contributed by atoms with Gasteiger partial charge in [0.05, 0.1) is 29.5 Å². The van der Waals surface area contributed by atoms with Crippen molar-refractivity contribution in [2.24, 2.45) is 0 Å². The molecule has 34 heavy (non-hydrogen) atoms. The number of benzene rings is 2. The molecule has 2 aromatic carbocycles. The number of fused-ring (bicyclic) bond motifs is 1. The maximum absolute atomic E-state index is 12.9. The van der Waals surface area contributed by atoms with Crippen LogP contribution in [-0.2, 0) is 33.6 Å². The first-order valence-corrected chi connectivity index (χ1v) is 10.4. The number of rotatable bonds is 8. The number of esters is 1. The van der Waals surface area contributed by atoms with Crippen molar-refractivity contribution in [3.8, 4) is 0 Å². The fraction of sp³-hybridized carbons (Fsp3) is 0.304. The van der Waals surface area contributed by atoms with Crippen molar-refractivity contribution in [1.82, 2.24) is 14.7 Å². The molecule has 1 amide bonds. The van der Waals surface area contributed by atoms with Gasteiger partial charge in [-0.25, -0.2) is 4.68 Å². The van der Waals surface area contributed by atoms with Crippen LogP contribution in [0.1, 0.15) is 24.5 Å². The number of ether oxygens (including phenoxy) is 1. The second-order valence-electron chi connectivity index (χ2n) is 7.44. The largest absolute Gasteiger partial charge is 0.465 e. The third kappa shape index (κ3) is 5.91. The molecular weight excluding hydrogens is 455 g/mol. The number of halogens is 3. The number of H-pyrrole nitrogens is 1. The summed E-state index contributed by atoms with van der Waals surface area (Å²) in [6.45, 7) is 0.969. The van der Waals surface area contributed by atoms with E-state index in [9.17, 15) is 32.3 Å². The summed E-state index contributed by atoms with van der Waals surface area (Å²) in [5.41, 5.74) is -1.43. The van der Waals surface area contributed by atoms with Gasteiger partial charge in [-0.2, -0.15) is 13.2 Å². The summed E-state index contributed by atoms with van der Waals surface area (Å²) in [5, 5.41) is 2.85. The number of aromatic nitrogens is 2. The lowest BCUT2D eigenvalue weighted by atomic mass is 10.1. The SMILES string of the molecule is CCOC(=O)CN(Cc1ccc(C(F)(F)F)cc1)C(=O)CCn1[nH]c(=O)c2ccccc2c1=O. The Balaban J connectivity index is 1.78. The lowest BCUT2D eigenvalue weighted by Gasteiger charge is -2.22. The summed E-state index contributed by atoms with van der Waals surface area (Å²) in [5.74, 6) is -1.23. The minimum atomic E-state index is -4.50. The van der Waals surface area contributed by atoms with Gasteiger partial charge in [-0.3, -0.25) is 24.3 Å². The van der Waals surface area contributed by atoms with Crippen LogP contribution >= 0.6 is 0 Å². The lowest BCUT2D eigenvalue weighted by Crippen LogP contribution is -2.38. The Labute approximate surface area is 191 Å². The normalized spacial score (nSPS) is 11.4. The molecule has 0 radical (unpaired) electrons. The second kappa shape index (κ2) is 10.4. The molecule has 0 fully saturated rings. The van der Waals surface area contributed by atoms with Crippen molar-refractivity contribution >= 4 is 22.6 Å². The van der Waals surface area contributed by atoms with E-state index in [1.165, 1.54) is 24.3 Å². The molecule has 0 aliphatic carbocycles. The van der Waals surface area contributed by atoms with Crippen LogP contribution < -0.4 is 11.1 Å². The fourth-order valence-corrected chi connectivity index (χ4v) is 3.38. The highest BCUT2D eigenvalue weighted by atomic mass is 19.4. The minimum Gasteiger partial charge on any atom is -0.465 e. The number of hydrogen-bond donors (Lipinski definition) is 1. The van der Waals surface area contributed by atoms with Gasteiger partial charge in [-0.15, -0.1) is 0 Å². The van der Waals surface area contributed by atoms with Crippen LogP contribution in [0.2, 0.25) is 0 Å². The number of aromatic amines is 1. The van der Waals surface area contributed by atoms with Crippen molar-refractivity contribution in [3.63, 3.8) is 0 Å². The molecule has 0 spiro atoms. The molecule has 11 heteroatoms. The van der Waals surface area contributed by atoms with Crippen molar-refractivity contribution in [2.45, 2.75) is 32.6 Å². The van der Waals surface area contributed by atoms with E-state index in [0.29, 0.717) is 5.56 Å². The molecule has 0 atom stereocenters. The third-order valence-corrected chi connectivity index (χ3v) is 5.07. The Bertz CT molecular complexity index is 1300. The first kappa shape index (κ1) is 24.7. The van der Waals surface area contributed by atoms with Gasteiger partial charge in [0.1, 0.15) is 6.54 Å². The molecular formula is C23H22F3N3O5. The second-order valence-corrected chi connectivity index (χ2v) is 7.44. The van der Waals surface area contributed by atoms with Gasteiger partial charge in [-0.05, 0) is 36.8 Å². The summed E-state index contributed by atoms with van der Waals surface area (Å²) in [4.78, 5) is 50.9. The van der Waals surface area contributed by atoms with E-state index in [-0.39, 0.29) is 36.9 Å². The number of alkyl halides is 3. The molecule has 1 N–H and O–H groups in total. The van der Waals surface area contributed by atoms with Gasteiger partial charge >= 0.3 is 12.1 Å². The third-order valence-electron chi connectivity index (χ3n) is 5.07. The zero-order valence-corrected chi connectivity index (χ0v) is 18.2. The number of carbonyl (C=O) groups is 2. The quantitative estimate of drug-likeness (QED) is 0.503. The van der Waals surface area contributed by atoms with Gasteiger partial charge in [0.2, 0.25) is 5.91 Å². The molecule has 0 saturated heterocycles. The summed E-state index contributed by atoms with van der Waals surface area (Å²) in [7, 11) is 0. The molecule has 0 unspecified atom stereocenters. The first-order valence-electron chi connectivity index (χ1n) is 10.4. The van der Waals surface area contributed by atoms with E-state index < -0.39 is 41.3 Å². The van der Waals surface area contributed by atoms with Crippen LogP contribution in [0.25, 0.3) is 10.8 Å². The van der Waals surface area contributed by atoms with Crippen LogP contribution in [-0.4, -0.2) is 39.7 Å². The zero-order chi connectivity index (χ0) is 24.9. The topological polar surface area (TPSA) is 101 Å². The van der Waals surface area contributed by atoms with E-state index in [1.54, 1.807) is 19.1 Å². The summed E-state index contributed by atoms with van der Waals surface area (Å²) in [6, 6.07) is 10.5. The van der Waals surface area contributed by atoms with E-state index in [1.807, 2.05) is 0 Å². The monoisotopic (exact) mass is 477 g/mol. The molecule has 0 saturated carbocycles. The van der Waals surface area contributed by atoms with Crippen molar-refractivity contribution in [3.05, 3.63) is 80.4 Å². The Kier molecular flexibility index (Phi) is 7.54. The molecule has 1 aromatic heterocycles. The molecule has 0 bridgehead atoms. The maximum atomic E-state index is 12.9. The number of nitrogens with one attached hydrogen (secondary N) is 1. The average molecular weight is 477 g/mol. The Morgan fingerprint density at radius 1 is 1.03 bits per heavy atom. The summed E-state index contributed by atoms with van der Waals surface area (Å²) < 4.78 is 44.3. The number of aryl methyl sites for hydroxylation is 1. The molecule has 3 rings (SSSR count). The molecule has 180 valence electrons. The standard InChI is InChI=1S/C23H22F3N3O5/c1-2-34-20(31)14-28(13-15-7-9-16(10-8-15)23(24,25)26)19(30)11-12-29-22(33)18-6-4-3-5-17(18)21(32)27-29/h3-10H,2,11-14H2,1H3,(H,27,32). The Morgan fingerprint density at radius 3 is 2.29 bits per heavy atom. The molecule has 0 aliphatic heterocycles. The van der Waals surface area contributed by atoms with E-state index in [4.69, 9.17) is 4.74 Å². The van der Waals surface area contributed by atoms with Crippen molar-refractivity contribution < 1.29 is 27.5 Å². The van der Waals surface area contributed by atoms with Crippen LogP contribution in [0.5, 0.6) is 0 Å². The van der Waals surface area contributed by atoms with Crippen LogP contribution in [0.4, 0.5) is 13.2 Å². The maximum Gasteiger partial charge on any atom is 0.416 e. The van der Waals surface area contributed by atoms with E-state index in [0.717, 1.165) is 21.7 Å². The van der Waals surface area contributed by atoms with Crippen molar-refractivity contribution in [2.75, 3.05) is 13.2 Å². The number of hydrogen-bond acceptors (Lipinski definition) is 5. The number of nitrogens with zero attached hydrogens (tertiary/aromatic N) is 2. The predicted octanol–water partition coefficient (Wildman–Crippen LogP) is 2.69. The lowest BCUT2D eigenvalue weighted by molar-refractivity contribution is -0.149. The Hall–Kier alpha value is -3.89. The number of amides is 1. The van der Waals surface area contributed by atoms with Crippen molar-refractivity contribution in [1.29, 1.82) is 0 Å². The number of carbonyl (C=O) groups excluding carboxylic acids is 2. The predicted molar refractivity (Wildman–Crippen MR) is 117 cm³/mol. The first-order chi connectivity index (χ1) is 16.1. The summed E-state index contributed by atoms with van der Waals surface area (Å²) >= 11 is 0. The van der Waals surface area contributed by atoms with E-state index in [2.05, 4.69) is 5.10 Å². The van der Waals surface area contributed by atoms with E-state index >= 15 is 0 Å². The molecule has 3 aromatic rings. The highest BCUT2D eigenvalue weighted by Gasteiger charge is 2.30. The molecule has 0 aliphatic rings. The fourth-order valence-electron chi connectivity index (χ4n) is 3.38. The molecule has 1 heterocycles. The van der Waals surface area contributed by atoms with Crippen LogP contribution in [0, 0.1) is 0 Å². The zero-order valence-electron chi connectivity index (χ0n) is 18.2. The Morgan fingerprint density at radius 2 is 1.68 bits per heavy atom. The van der Waals surface area contributed by atoms with Gasteiger partial charge < -0.3 is 9.64 Å². The summed E-state index contributed by atoms with van der Waals surface area (Å²) in [6.07, 6.45) is -4.74. The molecule has 8 nitrogen and oxygen atoms in total. The van der Waals surface area contributed by atoms with Gasteiger partial charge in [0.25, 0.3) is 11.1 Å². The van der Waals surface area contributed by atoms with Gasteiger partial charge in [-0.1, -0.05) is 24.3 Å². The smallest absolute Gasteiger partial charge is 0.416 e. The minimum absolute atomic E-state index is 0.0921. The highest BCUT2D eigenvalue weighted by molar-refractivity contribution is 5.82. The van der Waals surface area contributed by atoms with Crippen LogP contribution in [0.15, 0.2) is 58.1 Å². The van der Waals surface area contributed by atoms with Crippen LogP contribution in [0.3, 0.4) is 0 Å². The van der Waals surface area contributed by atoms with Gasteiger partial charge in [0, 0.05) is 13.0 Å². The van der Waals surface area contributed by atoms with Gasteiger partial charge in [0.15, 0.2) is 0 Å². The average Bonchev–Trinajstić information content (AvgIpc) is 2.80.